The van der Waals surface area contributed by atoms with E-state index in [-0.39, 0.29) is 5.83 Å². The molecule has 0 bridgehead atoms. The molecule has 13 heavy (non-hydrogen) atoms. The molecule has 1 aromatic heterocycles. The van der Waals surface area contributed by atoms with Crippen molar-refractivity contribution in [2.75, 3.05) is 0 Å². The SMILES string of the molecule is FC1=CCC2=c3sccc3=CC2=C1. The first-order chi connectivity index (χ1) is 6.34. The summed E-state index contributed by atoms with van der Waals surface area (Å²) in [4.78, 5) is 0. The van der Waals surface area contributed by atoms with Crippen molar-refractivity contribution >= 4 is 23.0 Å². The van der Waals surface area contributed by atoms with Crippen molar-refractivity contribution in [1.82, 2.24) is 0 Å². The summed E-state index contributed by atoms with van der Waals surface area (Å²) in [6, 6.07) is 2.09. The number of hydrogen-bond acceptors (Lipinski definition) is 1. The van der Waals surface area contributed by atoms with Gasteiger partial charge < -0.3 is 0 Å². The van der Waals surface area contributed by atoms with Crippen molar-refractivity contribution in [3.63, 3.8) is 0 Å². The van der Waals surface area contributed by atoms with E-state index < -0.39 is 0 Å². The summed E-state index contributed by atoms with van der Waals surface area (Å²) in [5, 5.41) is 3.33. The van der Waals surface area contributed by atoms with E-state index in [0.717, 1.165) is 12.0 Å². The van der Waals surface area contributed by atoms with Crippen LogP contribution in [-0.4, -0.2) is 0 Å². The number of allylic oxidation sites excluding steroid dienone is 4. The highest BCUT2D eigenvalue weighted by molar-refractivity contribution is 7.07. The van der Waals surface area contributed by atoms with Gasteiger partial charge in [-0.1, -0.05) is 0 Å². The summed E-state index contributed by atoms with van der Waals surface area (Å²) < 4.78 is 14.2. The number of thiophene rings is 1. The van der Waals surface area contributed by atoms with Crippen molar-refractivity contribution in [3.8, 4) is 0 Å². The summed E-state index contributed by atoms with van der Waals surface area (Å²) in [5.41, 5.74) is 2.34. The molecule has 0 fully saturated rings. The predicted molar refractivity (Wildman–Crippen MR) is 53.3 cm³/mol. The molecule has 0 saturated carbocycles. The largest absolute Gasteiger partial charge is 0.207 e. The molecule has 64 valence electrons. The number of hydrogen-bond donors (Lipinski definition) is 0. The third-order valence-electron chi connectivity index (χ3n) is 2.42. The van der Waals surface area contributed by atoms with Gasteiger partial charge in [-0.15, -0.1) is 11.3 Å². The Labute approximate surface area is 79.0 Å². The minimum atomic E-state index is -0.106. The lowest BCUT2D eigenvalue weighted by Crippen LogP contribution is -2.15. The second-order valence-electron chi connectivity index (χ2n) is 3.22. The minimum Gasteiger partial charge on any atom is -0.207 e. The standard InChI is InChI=1S/C11H7FS/c12-9-1-2-10-8(6-9)5-7-3-4-13-11(7)10/h1,3-6H,2H2. The smallest absolute Gasteiger partial charge is 0.120 e. The molecule has 1 heterocycles. The van der Waals surface area contributed by atoms with E-state index in [4.69, 9.17) is 0 Å². The molecule has 0 aromatic carbocycles. The fourth-order valence-electron chi connectivity index (χ4n) is 1.81. The van der Waals surface area contributed by atoms with Gasteiger partial charge in [-0.25, -0.2) is 4.39 Å². The van der Waals surface area contributed by atoms with E-state index >= 15 is 0 Å². The highest BCUT2D eigenvalue weighted by Gasteiger charge is 2.14. The summed E-state index contributed by atoms with van der Waals surface area (Å²) in [6.07, 6.45) is 6.06. The Morgan fingerprint density at radius 1 is 1.31 bits per heavy atom. The molecule has 2 aliphatic rings. The van der Waals surface area contributed by atoms with Crippen LogP contribution in [0.15, 0.2) is 35.0 Å². The molecule has 3 rings (SSSR count). The second kappa shape index (κ2) is 2.42. The maximum absolute atomic E-state index is 12.9. The molecule has 0 aliphatic heterocycles. The molecule has 2 heteroatoms. The Balaban J connectivity index is 2.37. The predicted octanol–water partition coefficient (Wildman–Crippen LogP) is 1.88. The van der Waals surface area contributed by atoms with Gasteiger partial charge in [0.15, 0.2) is 0 Å². The second-order valence-corrected chi connectivity index (χ2v) is 4.14. The fourth-order valence-corrected chi connectivity index (χ4v) is 2.77. The lowest BCUT2D eigenvalue weighted by Gasteiger charge is -2.06. The van der Waals surface area contributed by atoms with Crippen LogP contribution >= 0.6 is 11.3 Å². The Hall–Kier alpha value is -1.15. The van der Waals surface area contributed by atoms with E-state index in [9.17, 15) is 4.39 Å². The minimum absolute atomic E-state index is 0.106. The van der Waals surface area contributed by atoms with E-state index in [0.29, 0.717) is 0 Å². The van der Waals surface area contributed by atoms with Crippen molar-refractivity contribution in [3.05, 3.63) is 44.7 Å². The van der Waals surface area contributed by atoms with Crippen LogP contribution in [0, 0.1) is 0 Å². The van der Waals surface area contributed by atoms with Crippen LogP contribution in [0.1, 0.15) is 6.42 Å². The number of halogens is 1. The maximum Gasteiger partial charge on any atom is 0.120 e. The van der Waals surface area contributed by atoms with Crippen LogP contribution in [0.5, 0.6) is 0 Å². The van der Waals surface area contributed by atoms with Crippen LogP contribution in [0.4, 0.5) is 4.39 Å². The highest BCUT2D eigenvalue weighted by Crippen LogP contribution is 2.27. The molecule has 0 atom stereocenters. The quantitative estimate of drug-likeness (QED) is 0.586. The van der Waals surface area contributed by atoms with Gasteiger partial charge in [0.2, 0.25) is 0 Å². The van der Waals surface area contributed by atoms with Crippen LogP contribution < -0.4 is 9.75 Å². The lowest BCUT2D eigenvalue weighted by atomic mass is 10.0. The normalized spacial score (nSPS) is 18.7. The molecular weight excluding hydrogens is 183 g/mol. The van der Waals surface area contributed by atoms with Crippen molar-refractivity contribution in [2.45, 2.75) is 6.42 Å². The van der Waals surface area contributed by atoms with E-state index in [2.05, 4.69) is 17.5 Å². The van der Waals surface area contributed by atoms with Crippen LogP contribution in [-0.2, 0) is 0 Å². The zero-order chi connectivity index (χ0) is 8.84. The molecule has 0 radical (unpaired) electrons. The first-order valence-electron chi connectivity index (χ1n) is 4.21. The first kappa shape index (κ1) is 7.27. The summed E-state index contributed by atoms with van der Waals surface area (Å²) >= 11 is 1.74. The topological polar surface area (TPSA) is 0 Å². The van der Waals surface area contributed by atoms with Crippen molar-refractivity contribution in [2.24, 2.45) is 0 Å². The third kappa shape index (κ3) is 0.954. The van der Waals surface area contributed by atoms with Gasteiger partial charge >= 0.3 is 0 Å². The summed E-state index contributed by atoms with van der Waals surface area (Å²) in [7, 11) is 0. The molecule has 0 N–H and O–H groups in total. The molecule has 2 aliphatic carbocycles. The Morgan fingerprint density at radius 2 is 2.23 bits per heavy atom. The molecule has 0 amide bonds. The Kier molecular flexibility index (Phi) is 1.35. The van der Waals surface area contributed by atoms with E-state index in [1.54, 1.807) is 23.5 Å². The van der Waals surface area contributed by atoms with Crippen LogP contribution in [0.3, 0.4) is 0 Å². The number of fused-ring (bicyclic) bond motifs is 2. The van der Waals surface area contributed by atoms with Crippen LogP contribution in [0.25, 0.3) is 11.6 Å². The lowest BCUT2D eigenvalue weighted by molar-refractivity contribution is 0.660. The molecule has 0 spiro atoms. The molecule has 0 saturated heterocycles. The zero-order valence-corrected chi connectivity index (χ0v) is 7.70. The summed E-state index contributed by atoms with van der Waals surface area (Å²) in [6.45, 7) is 0. The molecule has 1 aromatic rings. The van der Waals surface area contributed by atoms with Crippen molar-refractivity contribution < 1.29 is 4.39 Å². The monoisotopic (exact) mass is 190 g/mol. The average molecular weight is 190 g/mol. The number of rotatable bonds is 0. The highest BCUT2D eigenvalue weighted by atomic mass is 32.1. The van der Waals surface area contributed by atoms with E-state index in [1.807, 2.05) is 0 Å². The average Bonchev–Trinajstić information content (AvgIpc) is 2.62. The van der Waals surface area contributed by atoms with Gasteiger partial charge in [0.25, 0.3) is 0 Å². The first-order valence-corrected chi connectivity index (χ1v) is 5.09. The van der Waals surface area contributed by atoms with Gasteiger partial charge in [-0.3, -0.25) is 0 Å². The molecule has 0 unspecified atom stereocenters. The van der Waals surface area contributed by atoms with E-state index in [1.165, 1.54) is 15.3 Å². The Bertz CT molecular complexity index is 543. The molecule has 0 nitrogen and oxygen atoms in total. The van der Waals surface area contributed by atoms with Gasteiger partial charge in [0, 0.05) is 4.53 Å². The summed E-state index contributed by atoms with van der Waals surface area (Å²) in [5.74, 6) is -0.106. The van der Waals surface area contributed by atoms with Gasteiger partial charge in [-0.05, 0) is 52.5 Å². The zero-order valence-electron chi connectivity index (χ0n) is 6.88. The third-order valence-corrected chi connectivity index (χ3v) is 3.41. The van der Waals surface area contributed by atoms with Crippen molar-refractivity contribution in [1.29, 1.82) is 0 Å². The maximum atomic E-state index is 12.9. The Morgan fingerprint density at radius 3 is 3.15 bits per heavy atom. The van der Waals surface area contributed by atoms with Gasteiger partial charge in [0.05, 0.1) is 0 Å². The molecular formula is C11H7FS. The fraction of sp³-hybridized carbons (Fsp3) is 0.0909. The van der Waals surface area contributed by atoms with Gasteiger partial charge in [-0.2, -0.15) is 0 Å². The van der Waals surface area contributed by atoms with Gasteiger partial charge in [0.1, 0.15) is 5.83 Å². The van der Waals surface area contributed by atoms with Crippen LogP contribution in [0.2, 0.25) is 0 Å².